The van der Waals surface area contributed by atoms with Crippen molar-refractivity contribution in [1.29, 1.82) is 0 Å². The molecule has 0 bridgehead atoms. The Morgan fingerprint density at radius 1 is 0.886 bits per heavy atom. The normalized spacial score (nSPS) is 10.9. The number of ether oxygens (including phenoxy) is 1. The Morgan fingerprint density at radius 2 is 1.54 bits per heavy atom. The SMILES string of the molecule is COCc1c(C(=O)NNC(=O)c2nc(-c3ccccc3)n(-c3ccccc3)n2)oc2ccccc12. The van der Waals surface area contributed by atoms with Crippen LogP contribution in [-0.4, -0.2) is 33.7 Å². The molecule has 0 aliphatic carbocycles. The Kier molecular flexibility index (Phi) is 6.06. The van der Waals surface area contributed by atoms with Gasteiger partial charge in [-0.3, -0.25) is 20.4 Å². The van der Waals surface area contributed by atoms with Crippen LogP contribution in [0.3, 0.4) is 0 Å². The van der Waals surface area contributed by atoms with E-state index in [-0.39, 0.29) is 18.2 Å². The molecule has 2 N–H and O–H groups in total. The van der Waals surface area contributed by atoms with Gasteiger partial charge in [0.05, 0.1) is 12.3 Å². The first-order valence-electron chi connectivity index (χ1n) is 10.8. The van der Waals surface area contributed by atoms with Crippen LogP contribution in [0, 0.1) is 0 Å². The number of methoxy groups -OCH3 is 1. The zero-order chi connectivity index (χ0) is 24.2. The third-order valence-electron chi connectivity index (χ3n) is 5.33. The van der Waals surface area contributed by atoms with Gasteiger partial charge in [-0.1, -0.05) is 66.7 Å². The lowest BCUT2D eigenvalue weighted by molar-refractivity contribution is 0.0823. The summed E-state index contributed by atoms with van der Waals surface area (Å²) in [4.78, 5) is 30.1. The molecule has 0 aliphatic rings. The van der Waals surface area contributed by atoms with E-state index >= 15 is 0 Å². The quantitative estimate of drug-likeness (QED) is 0.367. The first kappa shape index (κ1) is 22.1. The van der Waals surface area contributed by atoms with Crippen LogP contribution in [0.2, 0.25) is 0 Å². The zero-order valence-corrected chi connectivity index (χ0v) is 18.8. The summed E-state index contributed by atoms with van der Waals surface area (Å²) in [6, 6.07) is 26.0. The van der Waals surface area contributed by atoms with Crippen molar-refractivity contribution in [2.24, 2.45) is 0 Å². The van der Waals surface area contributed by atoms with Crippen molar-refractivity contribution in [3.8, 4) is 17.1 Å². The third-order valence-corrected chi connectivity index (χ3v) is 5.33. The molecule has 2 heterocycles. The van der Waals surface area contributed by atoms with Crippen molar-refractivity contribution >= 4 is 22.8 Å². The number of aromatic nitrogens is 3. The number of nitrogens with zero attached hydrogens (tertiary/aromatic N) is 3. The molecule has 0 spiro atoms. The summed E-state index contributed by atoms with van der Waals surface area (Å²) in [5, 5.41) is 5.15. The van der Waals surface area contributed by atoms with Crippen LogP contribution in [0.15, 0.2) is 89.3 Å². The molecule has 2 amide bonds. The van der Waals surface area contributed by atoms with Crippen molar-refractivity contribution in [2.45, 2.75) is 6.61 Å². The summed E-state index contributed by atoms with van der Waals surface area (Å²) in [5.74, 6) is -0.842. The van der Waals surface area contributed by atoms with E-state index in [1.54, 1.807) is 10.7 Å². The van der Waals surface area contributed by atoms with Gasteiger partial charge < -0.3 is 9.15 Å². The van der Waals surface area contributed by atoms with Crippen LogP contribution in [0.1, 0.15) is 26.7 Å². The highest BCUT2D eigenvalue weighted by Crippen LogP contribution is 2.26. The molecule has 5 aromatic rings. The van der Waals surface area contributed by atoms with Gasteiger partial charge in [0.2, 0.25) is 5.82 Å². The van der Waals surface area contributed by atoms with Crippen LogP contribution < -0.4 is 10.9 Å². The Labute approximate surface area is 200 Å². The summed E-state index contributed by atoms with van der Waals surface area (Å²) in [5.41, 5.74) is 7.44. The van der Waals surface area contributed by atoms with Crippen molar-refractivity contribution in [3.05, 3.63) is 102 Å². The molecule has 0 fully saturated rings. The minimum absolute atomic E-state index is 0.0566. The minimum Gasteiger partial charge on any atom is -0.450 e. The molecule has 35 heavy (non-hydrogen) atoms. The number of furan rings is 1. The van der Waals surface area contributed by atoms with Crippen molar-refractivity contribution in [3.63, 3.8) is 0 Å². The fourth-order valence-corrected chi connectivity index (χ4v) is 3.73. The lowest BCUT2D eigenvalue weighted by atomic mass is 10.1. The van der Waals surface area contributed by atoms with Gasteiger partial charge in [-0.25, -0.2) is 9.67 Å². The van der Waals surface area contributed by atoms with Crippen LogP contribution in [0.4, 0.5) is 0 Å². The molecule has 0 saturated carbocycles. The van der Waals surface area contributed by atoms with E-state index in [9.17, 15) is 9.59 Å². The van der Waals surface area contributed by atoms with E-state index in [2.05, 4.69) is 20.9 Å². The Morgan fingerprint density at radius 3 is 2.29 bits per heavy atom. The van der Waals surface area contributed by atoms with Crippen LogP contribution >= 0.6 is 0 Å². The number of fused-ring (bicyclic) bond motifs is 1. The molecule has 0 saturated heterocycles. The molecule has 9 nitrogen and oxygen atoms in total. The lowest BCUT2D eigenvalue weighted by Gasteiger charge is -2.05. The van der Waals surface area contributed by atoms with Gasteiger partial charge in [-0.05, 0) is 18.2 Å². The summed E-state index contributed by atoms with van der Waals surface area (Å²) in [6.07, 6.45) is 0. The standard InChI is InChI=1S/C26H21N5O4/c1-34-16-20-19-14-8-9-15-21(19)35-22(20)25(32)28-29-26(33)23-27-24(17-10-4-2-5-11-17)31(30-23)18-12-6-3-7-13-18/h2-15H,16H2,1H3,(H,28,32)(H,29,33). The van der Waals surface area contributed by atoms with E-state index in [0.29, 0.717) is 17.0 Å². The minimum atomic E-state index is -0.672. The number of para-hydroxylation sites is 2. The smallest absolute Gasteiger partial charge is 0.309 e. The third kappa shape index (κ3) is 4.40. The van der Waals surface area contributed by atoms with Crippen molar-refractivity contribution < 1.29 is 18.7 Å². The number of hydrazine groups is 1. The highest BCUT2D eigenvalue weighted by Gasteiger charge is 2.23. The number of hydrogen-bond acceptors (Lipinski definition) is 6. The molecule has 0 unspecified atom stereocenters. The highest BCUT2D eigenvalue weighted by molar-refractivity contribution is 6.00. The molecule has 5 rings (SSSR count). The summed E-state index contributed by atoms with van der Waals surface area (Å²) < 4.78 is 12.5. The molecular formula is C26H21N5O4. The molecule has 3 aromatic carbocycles. The van der Waals surface area contributed by atoms with Crippen LogP contribution in [0.5, 0.6) is 0 Å². The summed E-state index contributed by atoms with van der Waals surface area (Å²) in [7, 11) is 1.53. The average Bonchev–Trinajstić information content (AvgIpc) is 3.51. The van der Waals surface area contributed by atoms with Crippen molar-refractivity contribution in [1.82, 2.24) is 25.6 Å². The predicted octanol–water partition coefficient (Wildman–Crippen LogP) is 3.90. The van der Waals surface area contributed by atoms with Crippen LogP contribution in [-0.2, 0) is 11.3 Å². The maximum Gasteiger partial charge on any atom is 0.309 e. The van der Waals surface area contributed by atoms with Gasteiger partial charge in [-0.15, -0.1) is 5.10 Å². The zero-order valence-electron chi connectivity index (χ0n) is 18.8. The molecule has 0 aliphatic heterocycles. The average molecular weight is 467 g/mol. The summed E-state index contributed by atoms with van der Waals surface area (Å²) in [6.45, 7) is 0.178. The second-order valence-corrected chi connectivity index (χ2v) is 7.62. The second kappa shape index (κ2) is 9.62. The molecule has 2 aromatic heterocycles. The van der Waals surface area contributed by atoms with E-state index in [0.717, 1.165) is 16.6 Å². The topological polar surface area (TPSA) is 111 Å². The van der Waals surface area contributed by atoms with E-state index in [1.807, 2.05) is 78.9 Å². The van der Waals surface area contributed by atoms with Crippen molar-refractivity contribution in [2.75, 3.05) is 7.11 Å². The second-order valence-electron chi connectivity index (χ2n) is 7.62. The maximum absolute atomic E-state index is 12.9. The number of benzene rings is 3. The Bertz CT molecular complexity index is 1440. The largest absolute Gasteiger partial charge is 0.450 e. The monoisotopic (exact) mass is 467 g/mol. The fraction of sp³-hybridized carbons (Fsp3) is 0.0769. The van der Waals surface area contributed by atoms with Crippen LogP contribution in [0.25, 0.3) is 28.0 Å². The number of amides is 2. The molecular weight excluding hydrogens is 446 g/mol. The first-order valence-corrected chi connectivity index (χ1v) is 10.8. The van der Waals surface area contributed by atoms with E-state index < -0.39 is 11.8 Å². The van der Waals surface area contributed by atoms with Gasteiger partial charge in [0.25, 0.3) is 0 Å². The molecule has 174 valence electrons. The number of carbonyl (C=O) groups excluding carboxylic acids is 2. The number of carbonyl (C=O) groups is 2. The van der Waals surface area contributed by atoms with E-state index in [1.165, 1.54) is 7.11 Å². The number of hydrogen-bond donors (Lipinski definition) is 2. The first-order chi connectivity index (χ1) is 17.2. The molecule has 9 heteroatoms. The number of rotatable bonds is 6. The van der Waals surface area contributed by atoms with Gasteiger partial charge in [0.1, 0.15) is 5.58 Å². The van der Waals surface area contributed by atoms with E-state index in [4.69, 9.17) is 9.15 Å². The number of nitrogens with one attached hydrogen (secondary N) is 2. The molecule has 0 atom stereocenters. The maximum atomic E-state index is 12.9. The Hall–Kier alpha value is -4.76. The van der Waals surface area contributed by atoms with Gasteiger partial charge in [0.15, 0.2) is 11.6 Å². The fourth-order valence-electron chi connectivity index (χ4n) is 3.73. The summed E-state index contributed by atoms with van der Waals surface area (Å²) >= 11 is 0. The molecule has 0 radical (unpaired) electrons. The van der Waals surface area contributed by atoms with Gasteiger partial charge in [-0.2, -0.15) is 0 Å². The van der Waals surface area contributed by atoms with Gasteiger partial charge >= 0.3 is 11.8 Å². The lowest BCUT2D eigenvalue weighted by Crippen LogP contribution is -2.42. The van der Waals surface area contributed by atoms with Gasteiger partial charge in [0, 0.05) is 23.6 Å². The predicted molar refractivity (Wildman–Crippen MR) is 129 cm³/mol. The highest BCUT2D eigenvalue weighted by atomic mass is 16.5. The Balaban J connectivity index is 1.40.